The normalized spacial score (nSPS) is 12.4. The standard InChI is InChI=1S/C12H27OSi.Li/c1-8-9-13-14(10(2)3,11(4)5)12(6)7;/h10-12H,1,8-9H2,2-7H3;/q-1;+1. The zero-order valence-corrected chi connectivity index (χ0v) is 12.8. The molecule has 0 aromatic carbocycles. The minimum atomic E-state index is -1.59. The molecule has 0 aliphatic rings. The molecular weight excluding hydrogens is 195 g/mol. The molecule has 0 heterocycles. The maximum atomic E-state index is 6.24. The van der Waals surface area contributed by atoms with Crippen molar-refractivity contribution in [3.8, 4) is 0 Å². The van der Waals surface area contributed by atoms with Crippen molar-refractivity contribution in [3.63, 3.8) is 0 Å². The molecule has 0 atom stereocenters. The second-order valence-corrected chi connectivity index (χ2v) is 10.5. The zero-order valence-electron chi connectivity index (χ0n) is 11.8. The first-order valence-corrected chi connectivity index (χ1v) is 7.96. The molecule has 0 saturated heterocycles. The molecule has 0 aromatic rings. The Balaban J connectivity index is 0. The molecule has 0 radical (unpaired) electrons. The van der Waals surface area contributed by atoms with Crippen molar-refractivity contribution in [2.75, 3.05) is 6.61 Å². The van der Waals surface area contributed by atoms with E-state index in [1.807, 2.05) is 0 Å². The summed E-state index contributed by atoms with van der Waals surface area (Å²) in [6, 6.07) is 0. The summed E-state index contributed by atoms with van der Waals surface area (Å²) in [7, 11) is -1.59. The van der Waals surface area contributed by atoms with Crippen LogP contribution in [0.15, 0.2) is 0 Å². The van der Waals surface area contributed by atoms with Crippen molar-refractivity contribution in [2.24, 2.45) is 0 Å². The molecule has 0 N–H and O–H groups in total. The Labute approximate surface area is 110 Å². The van der Waals surface area contributed by atoms with Crippen LogP contribution in [-0.2, 0) is 4.43 Å². The summed E-state index contributed by atoms with van der Waals surface area (Å²) < 4.78 is 6.24. The van der Waals surface area contributed by atoms with Crippen LogP contribution in [0.5, 0.6) is 0 Å². The molecular formula is C12H27LiOSi. The van der Waals surface area contributed by atoms with Crippen LogP contribution < -0.4 is 18.9 Å². The fourth-order valence-corrected chi connectivity index (χ4v) is 8.25. The van der Waals surface area contributed by atoms with Crippen LogP contribution in [0, 0.1) is 6.92 Å². The fraction of sp³-hybridized carbons (Fsp3) is 0.917. The van der Waals surface area contributed by atoms with Crippen LogP contribution in [0.2, 0.25) is 16.6 Å². The summed E-state index contributed by atoms with van der Waals surface area (Å²) >= 11 is 0. The first-order valence-electron chi connectivity index (χ1n) is 5.82. The van der Waals surface area contributed by atoms with Crippen molar-refractivity contribution < 1.29 is 23.3 Å². The van der Waals surface area contributed by atoms with Gasteiger partial charge in [-0.2, -0.15) is 6.42 Å². The van der Waals surface area contributed by atoms with Gasteiger partial charge in [0.05, 0.1) is 0 Å². The monoisotopic (exact) mass is 222 g/mol. The van der Waals surface area contributed by atoms with Gasteiger partial charge in [0.2, 0.25) is 0 Å². The second kappa shape index (κ2) is 7.95. The molecule has 0 amide bonds. The molecule has 0 saturated carbocycles. The van der Waals surface area contributed by atoms with E-state index in [0.717, 1.165) is 13.0 Å². The van der Waals surface area contributed by atoms with E-state index in [0.29, 0.717) is 16.6 Å². The van der Waals surface area contributed by atoms with E-state index in [4.69, 9.17) is 4.43 Å². The molecule has 86 valence electrons. The third-order valence-electron chi connectivity index (χ3n) is 3.20. The molecule has 0 rings (SSSR count). The van der Waals surface area contributed by atoms with Gasteiger partial charge in [0, 0.05) is 6.61 Å². The minimum absolute atomic E-state index is 0. The fourth-order valence-electron chi connectivity index (χ4n) is 2.75. The van der Waals surface area contributed by atoms with Gasteiger partial charge in [0.25, 0.3) is 0 Å². The van der Waals surface area contributed by atoms with E-state index in [9.17, 15) is 0 Å². The van der Waals surface area contributed by atoms with E-state index in [-0.39, 0.29) is 18.9 Å². The van der Waals surface area contributed by atoms with E-state index in [1.165, 1.54) is 0 Å². The third-order valence-corrected chi connectivity index (χ3v) is 9.32. The summed E-state index contributed by atoms with van der Waals surface area (Å²) in [5.41, 5.74) is 2.07. The Morgan fingerprint density at radius 2 is 1.27 bits per heavy atom. The molecule has 0 spiro atoms. The van der Waals surface area contributed by atoms with Crippen LogP contribution in [0.3, 0.4) is 0 Å². The van der Waals surface area contributed by atoms with E-state index in [2.05, 4.69) is 48.5 Å². The zero-order chi connectivity index (χ0) is 11.4. The SMILES string of the molecule is [CH2-]CCO[Si](C(C)C)(C(C)C)C(C)C.[Li+]. The van der Waals surface area contributed by atoms with Gasteiger partial charge in [-0.25, -0.2) is 0 Å². The smallest absolute Gasteiger partial charge is 0.419 e. The number of hydrogen-bond donors (Lipinski definition) is 0. The number of rotatable bonds is 6. The van der Waals surface area contributed by atoms with Gasteiger partial charge < -0.3 is 11.3 Å². The van der Waals surface area contributed by atoms with Crippen LogP contribution in [0.25, 0.3) is 0 Å². The van der Waals surface area contributed by atoms with Crippen molar-refractivity contribution >= 4 is 8.32 Å². The molecule has 1 nitrogen and oxygen atoms in total. The third kappa shape index (κ3) is 4.27. The van der Waals surface area contributed by atoms with Gasteiger partial charge in [0.15, 0.2) is 8.32 Å². The van der Waals surface area contributed by atoms with Crippen LogP contribution in [0.4, 0.5) is 0 Å². The molecule has 0 aliphatic heterocycles. The summed E-state index contributed by atoms with van der Waals surface area (Å²) in [5, 5.41) is 0. The first kappa shape index (κ1) is 18.1. The first-order chi connectivity index (χ1) is 6.39. The Hall–Kier alpha value is 0.774. The summed E-state index contributed by atoms with van der Waals surface area (Å²) in [6.45, 7) is 18.6. The van der Waals surface area contributed by atoms with Crippen molar-refractivity contribution in [2.45, 2.75) is 64.6 Å². The second-order valence-electron chi connectivity index (χ2n) is 5.02. The average molecular weight is 222 g/mol. The van der Waals surface area contributed by atoms with E-state index >= 15 is 0 Å². The molecule has 0 bridgehead atoms. The molecule has 15 heavy (non-hydrogen) atoms. The van der Waals surface area contributed by atoms with Gasteiger partial charge >= 0.3 is 18.9 Å². The van der Waals surface area contributed by atoms with Gasteiger partial charge in [0.1, 0.15) is 0 Å². The molecule has 0 aromatic heterocycles. The average Bonchev–Trinajstić information content (AvgIpc) is 2.03. The topological polar surface area (TPSA) is 9.23 Å². The molecule has 3 heteroatoms. The van der Waals surface area contributed by atoms with Gasteiger partial charge in [-0.15, -0.1) is 0 Å². The van der Waals surface area contributed by atoms with Crippen molar-refractivity contribution in [3.05, 3.63) is 6.92 Å². The molecule has 0 unspecified atom stereocenters. The maximum absolute atomic E-state index is 6.24. The van der Waals surface area contributed by atoms with E-state index in [1.54, 1.807) is 0 Å². The van der Waals surface area contributed by atoms with Crippen molar-refractivity contribution in [1.82, 2.24) is 0 Å². The van der Waals surface area contributed by atoms with Gasteiger partial charge in [-0.05, 0) is 16.6 Å². The quantitative estimate of drug-likeness (QED) is 0.488. The van der Waals surface area contributed by atoms with Crippen molar-refractivity contribution in [1.29, 1.82) is 0 Å². The van der Waals surface area contributed by atoms with E-state index < -0.39 is 8.32 Å². The summed E-state index contributed by atoms with van der Waals surface area (Å²) in [4.78, 5) is 0. The predicted molar refractivity (Wildman–Crippen MR) is 67.0 cm³/mol. The largest absolute Gasteiger partial charge is 1.00 e. The number of hydrogen-bond acceptors (Lipinski definition) is 1. The van der Waals surface area contributed by atoms with Gasteiger partial charge in [-0.1, -0.05) is 41.5 Å². The Bertz CT molecular complexity index is 136. The molecule has 0 aliphatic carbocycles. The van der Waals surface area contributed by atoms with Crippen LogP contribution in [-0.4, -0.2) is 14.9 Å². The Morgan fingerprint density at radius 3 is 1.47 bits per heavy atom. The van der Waals surface area contributed by atoms with Crippen LogP contribution >= 0.6 is 0 Å². The predicted octanol–water partition coefficient (Wildman–Crippen LogP) is 1.41. The van der Waals surface area contributed by atoms with Gasteiger partial charge in [-0.3, -0.25) is 0 Å². The summed E-state index contributed by atoms with van der Waals surface area (Å²) in [5.74, 6) is 0. The Morgan fingerprint density at radius 1 is 0.933 bits per heavy atom. The Kier molecular flexibility index (Phi) is 9.62. The summed E-state index contributed by atoms with van der Waals surface area (Å²) in [6.07, 6.45) is 0.890. The van der Waals surface area contributed by atoms with Crippen LogP contribution in [0.1, 0.15) is 48.0 Å². The minimum Gasteiger partial charge on any atom is -0.419 e. The maximum Gasteiger partial charge on any atom is 1.00 e. The molecule has 0 fully saturated rings.